The molecule has 9 nitrogen and oxygen atoms in total. The number of fused-ring (bicyclic) bond motifs is 2. The molecule has 1 saturated heterocycles. The summed E-state index contributed by atoms with van der Waals surface area (Å²) in [5, 5.41) is 11.4. The number of carbonyl (C=O) groups excluding carboxylic acids is 1. The Kier molecular flexibility index (Phi) is 6.84. The van der Waals surface area contributed by atoms with Crippen LogP contribution in [0.5, 0.6) is 11.5 Å². The molecule has 0 radical (unpaired) electrons. The lowest BCUT2D eigenvalue weighted by molar-refractivity contribution is 0.0606. The number of nitrogens with two attached hydrogens (primary N) is 1. The van der Waals surface area contributed by atoms with Gasteiger partial charge in [-0.3, -0.25) is 4.79 Å². The molecule has 1 saturated carbocycles. The van der Waals surface area contributed by atoms with Crippen molar-refractivity contribution in [2.75, 3.05) is 20.2 Å². The normalized spacial score (nSPS) is 18.8. The summed E-state index contributed by atoms with van der Waals surface area (Å²) in [6, 6.07) is 12.9. The molecule has 2 fully saturated rings. The number of amides is 1. The maximum absolute atomic E-state index is 14.3. The average Bonchev–Trinajstić information content (AvgIpc) is 3.67. The lowest BCUT2D eigenvalue weighted by Gasteiger charge is -2.33. The van der Waals surface area contributed by atoms with Gasteiger partial charge in [-0.05, 0) is 81.0 Å². The summed E-state index contributed by atoms with van der Waals surface area (Å²) in [5.41, 5.74) is 13.2. The fraction of sp³-hybridized carbons (Fsp3) is 0.382. The van der Waals surface area contributed by atoms with Crippen molar-refractivity contribution >= 4 is 28.0 Å². The number of benzene rings is 2. The van der Waals surface area contributed by atoms with Crippen molar-refractivity contribution in [1.82, 2.24) is 24.0 Å². The maximum atomic E-state index is 14.3. The van der Waals surface area contributed by atoms with Crippen LogP contribution in [0.15, 0.2) is 42.5 Å². The number of aromatic nitrogens is 4. The Morgan fingerprint density at radius 1 is 1.11 bits per heavy atom. The summed E-state index contributed by atoms with van der Waals surface area (Å²) in [6.07, 6.45) is 1.46. The Balaban J connectivity index is 1.36. The molecule has 1 aliphatic carbocycles. The molecule has 2 aromatic carbocycles. The SMILES string of the molecule is COc1cc(C(=O)N2C[C@H](N)C[C@@H](F)C2)cc2nc(-c3cc4ccc(-c5c(C)ccc(O)c5C)nc4n3CC3CC3)n(C)c12. The van der Waals surface area contributed by atoms with Gasteiger partial charge in [-0.25, -0.2) is 14.4 Å². The van der Waals surface area contributed by atoms with E-state index in [1.54, 1.807) is 25.3 Å². The molecule has 10 heteroatoms. The number of phenolic OH excluding ortho intramolecular Hbond substituents is 1. The summed E-state index contributed by atoms with van der Waals surface area (Å²) in [4.78, 5) is 25.1. The van der Waals surface area contributed by atoms with E-state index in [9.17, 15) is 14.3 Å². The molecule has 1 aliphatic heterocycles. The van der Waals surface area contributed by atoms with E-state index in [0.29, 0.717) is 29.3 Å². The highest BCUT2D eigenvalue weighted by Gasteiger charge is 2.31. The number of imidazole rings is 1. The van der Waals surface area contributed by atoms with Crippen LogP contribution in [0, 0.1) is 19.8 Å². The van der Waals surface area contributed by atoms with Gasteiger partial charge in [-0.2, -0.15) is 0 Å². The van der Waals surface area contributed by atoms with E-state index < -0.39 is 12.2 Å². The third kappa shape index (κ3) is 4.77. The number of halogens is 1. The molecule has 44 heavy (non-hydrogen) atoms. The molecule has 3 aromatic heterocycles. The van der Waals surface area contributed by atoms with Crippen LogP contribution in [0.2, 0.25) is 0 Å². The second kappa shape index (κ2) is 10.6. The van der Waals surface area contributed by atoms with Crippen molar-refractivity contribution in [2.24, 2.45) is 18.7 Å². The van der Waals surface area contributed by atoms with E-state index in [0.717, 1.165) is 57.0 Å². The number of aryl methyl sites for hydroxylation is 2. The van der Waals surface area contributed by atoms with Crippen LogP contribution in [-0.4, -0.2) is 67.4 Å². The predicted molar refractivity (Wildman–Crippen MR) is 169 cm³/mol. The summed E-state index contributed by atoms with van der Waals surface area (Å²) in [7, 11) is 3.52. The van der Waals surface area contributed by atoms with E-state index in [-0.39, 0.29) is 24.6 Å². The number of ether oxygens (including phenoxy) is 1. The molecule has 2 atom stereocenters. The van der Waals surface area contributed by atoms with Crippen LogP contribution in [0.25, 0.3) is 44.8 Å². The molecule has 5 aromatic rings. The number of hydrogen-bond acceptors (Lipinski definition) is 6. The number of aromatic hydroxyl groups is 1. The Labute approximate surface area is 255 Å². The quantitative estimate of drug-likeness (QED) is 0.268. The van der Waals surface area contributed by atoms with Gasteiger partial charge in [0, 0.05) is 48.3 Å². The van der Waals surface area contributed by atoms with Gasteiger partial charge in [0.05, 0.1) is 30.6 Å². The van der Waals surface area contributed by atoms with E-state index in [1.165, 1.54) is 17.7 Å². The van der Waals surface area contributed by atoms with Gasteiger partial charge in [0.25, 0.3) is 5.91 Å². The number of likely N-dealkylation sites (tertiary alicyclic amines) is 1. The van der Waals surface area contributed by atoms with Gasteiger partial charge in [-0.15, -0.1) is 0 Å². The first kappa shape index (κ1) is 28.3. The second-order valence-electron chi connectivity index (χ2n) is 12.4. The van der Waals surface area contributed by atoms with Crippen molar-refractivity contribution in [3.8, 4) is 34.3 Å². The highest BCUT2D eigenvalue weighted by molar-refractivity contribution is 6.00. The van der Waals surface area contributed by atoms with E-state index >= 15 is 0 Å². The molecule has 0 unspecified atom stereocenters. The van der Waals surface area contributed by atoms with Gasteiger partial charge in [-0.1, -0.05) is 6.07 Å². The van der Waals surface area contributed by atoms with Crippen LogP contribution in [0.3, 0.4) is 0 Å². The molecule has 0 bridgehead atoms. The number of phenols is 1. The minimum absolute atomic E-state index is 0.0261. The molecular weight excluding hydrogens is 559 g/mol. The summed E-state index contributed by atoms with van der Waals surface area (Å²) >= 11 is 0. The molecule has 0 spiro atoms. The third-order valence-electron chi connectivity index (χ3n) is 9.13. The highest BCUT2D eigenvalue weighted by Crippen LogP contribution is 2.39. The molecule has 228 valence electrons. The van der Waals surface area contributed by atoms with Crippen LogP contribution in [0.4, 0.5) is 4.39 Å². The van der Waals surface area contributed by atoms with Gasteiger partial charge >= 0.3 is 0 Å². The lowest BCUT2D eigenvalue weighted by Crippen LogP contribution is -2.50. The zero-order chi connectivity index (χ0) is 30.9. The second-order valence-corrected chi connectivity index (χ2v) is 12.4. The van der Waals surface area contributed by atoms with Crippen molar-refractivity contribution in [1.29, 1.82) is 0 Å². The van der Waals surface area contributed by atoms with Gasteiger partial charge in [0.1, 0.15) is 28.8 Å². The minimum Gasteiger partial charge on any atom is -0.508 e. The highest BCUT2D eigenvalue weighted by atomic mass is 19.1. The number of piperidine rings is 1. The number of pyridine rings is 1. The number of alkyl halides is 1. The first-order valence-corrected chi connectivity index (χ1v) is 15.2. The van der Waals surface area contributed by atoms with Gasteiger partial charge in [0.15, 0.2) is 5.82 Å². The molecule has 2 aliphatic rings. The predicted octanol–water partition coefficient (Wildman–Crippen LogP) is 5.51. The fourth-order valence-corrected chi connectivity index (χ4v) is 6.67. The molecular formula is C34H37FN6O3. The zero-order valence-corrected chi connectivity index (χ0v) is 25.5. The van der Waals surface area contributed by atoms with Crippen molar-refractivity contribution in [3.05, 3.63) is 59.2 Å². The minimum atomic E-state index is -1.14. The summed E-state index contributed by atoms with van der Waals surface area (Å²) < 4.78 is 24.3. The van der Waals surface area contributed by atoms with E-state index in [2.05, 4.69) is 16.7 Å². The standard InChI is InChI=1S/C34H37FN6O3/c1-18-5-10-28(42)19(2)30(18)25-9-8-21-12-27(41(32(21)37-25)15-20-6-7-20)33-38-26-11-22(13-29(44-4)31(26)39(33)3)34(43)40-16-23(35)14-24(36)17-40/h5,8-13,20,23-24,42H,6-7,14-17,36H2,1-4H3/t23-,24-/m1/s1. The van der Waals surface area contributed by atoms with Gasteiger partial charge in [0.2, 0.25) is 0 Å². The summed E-state index contributed by atoms with van der Waals surface area (Å²) in [6.45, 7) is 5.10. The average molecular weight is 597 g/mol. The first-order chi connectivity index (χ1) is 21.1. The van der Waals surface area contributed by atoms with Crippen molar-refractivity contribution in [3.63, 3.8) is 0 Å². The van der Waals surface area contributed by atoms with E-state index in [1.807, 2.05) is 37.6 Å². The van der Waals surface area contributed by atoms with Crippen molar-refractivity contribution in [2.45, 2.75) is 51.9 Å². The Morgan fingerprint density at radius 2 is 1.91 bits per heavy atom. The number of methoxy groups -OCH3 is 1. The Morgan fingerprint density at radius 3 is 2.64 bits per heavy atom. The topological polar surface area (TPSA) is 111 Å². The van der Waals surface area contributed by atoms with Crippen LogP contribution in [-0.2, 0) is 13.6 Å². The molecule has 7 rings (SSSR count). The fourth-order valence-electron chi connectivity index (χ4n) is 6.67. The van der Waals surface area contributed by atoms with E-state index in [4.69, 9.17) is 20.4 Å². The number of rotatable bonds is 6. The third-order valence-corrected chi connectivity index (χ3v) is 9.13. The van der Waals surface area contributed by atoms with Crippen LogP contribution < -0.4 is 10.5 Å². The summed E-state index contributed by atoms with van der Waals surface area (Å²) in [5.74, 6) is 1.79. The zero-order valence-electron chi connectivity index (χ0n) is 25.5. The monoisotopic (exact) mass is 596 g/mol. The number of carbonyl (C=O) groups is 1. The molecule has 4 heterocycles. The first-order valence-electron chi connectivity index (χ1n) is 15.2. The number of nitrogens with zero attached hydrogens (tertiary/aromatic N) is 5. The van der Waals surface area contributed by atoms with Crippen LogP contribution >= 0.6 is 0 Å². The smallest absolute Gasteiger partial charge is 0.254 e. The molecule has 3 N–H and O–H groups in total. The van der Waals surface area contributed by atoms with Crippen molar-refractivity contribution < 1.29 is 19.0 Å². The number of hydrogen-bond donors (Lipinski definition) is 2. The lowest BCUT2D eigenvalue weighted by atomic mass is 9.98. The van der Waals surface area contributed by atoms with Crippen LogP contribution in [0.1, 0.15) is 40.7 Å². The molecule has 1 amide bonds. The largest absolute Gasteiger partial charge is 0.508 e. The Hall–Kier alpha value is -4.44. The maximum Gasteiger partial charge on any atom is 0.254 e. The Bertz CT molecular complexity index is 1930. The van der Waals surface area contributed by atoms with Gasteiger partial charge < -0.3 is 29.6 Å².